The first-order valence-corrected chi connectivity index (χ1v) is 7.94. The molecule has 102 valence electrons. The van der Waals surface area contributed by atoms with Gasteiger partial charge < -0.3 is 5.11 Å². The fraction of sp³-hybridized carbons (Fsp3) is 0.733. The summed E-state index contributed by atoms with van der Waals surface area (Å²) < 4.78 is 0. The Kier molecular flexibility index (Phi) is 4.46. The minimum absolute atomic E-state index is 0.117. The number of hydrogen-bond acceptors (Lipinski definition) is 3. The van der Waals surface area contributed by atoms with Crippen LogP contribution >= 0.6 is 11.3 Å². The van der Waals surface area contributed by atoms with Gasteiger partial charge >= 0.3 is 0 Å². The third kappa shape index (κ3) is 2.63. The minimum Gasteiger partial charge on any atom is -0.386 e. The Labute approximate surface area is 115 Å². The van der Waals surface area contributed by atoms with Gasteiger partial charge in [-0.3, -0.25) is 4.90 Å². The molecule has 18 heavy (non-hydrogen) atoms. The summed E-state index contributed by atoms with van der Waals surface area (Å²) in [4.78, 5) is 3.77. The molecule has 1 aromatic rings. The van der Waals surface area contributed by atoms with Crippen molar-refractivity contribution < 1.29 is 5.11 Å². The summed E-state index contributed by atoms with van der Waals surface area (Å²) in [5, 5.41) is 12.9. The van der Waals surface area contributed by atoms with E-state index in [4.69, 9.17) is 0 Å². The first-order chi connectivity index (χ1) is 8.58. The monoisotopic (exact) mass is 267 g/mol. The molecule has 2 atom stereocenters. The largest absolute Gasteiger partial charge is 0.386 e. The lowest BCUT2D eigenvalue weighted by atomic mass is 9.84. The summed E-state index contributed by atoms with van der Waals surface area (Å²) in [5.41, 5.74) is 0.973. The number of thiophene rings is 1. The lowest BCUT2D eigenvalue weighted by molar-refractivity contribution is -0.0350. The zero-order valence-electron chi connectivity index (χ0n) is 11.8. The molecule has 3 heteroatoms. The molecule has 0 bridgehead atoms. The molecule has 2 heterocycles. The van der Waals surface area contributed by atoms with E-state index in [0.29, 0.717) is 0 Å². The van der Waals surface area contributed by atoms with Crippen LogP contribution in [0.3, 0.4) is 0 Å². The molecule has 1 fully saturated rings. The molecule has 0 radical (unpaired) electrons. The zero-order chi connectivity index (χ0) is 13.2. The maximum absolute atomic E-state index is 10.8. The molecule has 1 saturated heterocycles. The van der Waals surface area contributed by atoms with Crippen LogP contribution in [0.15, 0.2) is 11.4 Å². The molecule has 1 aromatic heterocycles. The average Bonchev–Trinajstić information content (AvgIpc) is 2.84. The first kappa shape index (κ1) is 14.0. The number of piperidine rings is 1. The van der Waals surface area contributed by atoms with E-state index in [-0.39, 0.29) is 11.6 Å². The van der Waals surface area contributed by atoms with E-state index >= 15 is 0 Å². The van der Waals surface area contributed by atoms with Crippen LogP contribution in [0.2, 0.25) is 0 Å². The summed E-state index contributed by atoms with van der Waals surface area (Å²) in [6, 6.07) is 2.13. The van der Waals surface area contributed by atoms with Crippen molar-refractivity contribution in [2.24, 2.45) is 0 Å². The standard InChI is InChI=1S/C15H25NOS/c1-4-15(3,16-8-6-5-7-9-16)14(17)13-10-12(2)18-11-13/h10-11,14,17H,4-9H2,1-3H3. The van der Waals surface area contributed by atoms with Crippen molar-refractivity contribution in [1.29, 1.82) is 0 Å². The van der Waals surface area contributed by atoms with E-state index in [9.17, 15) is 5.11 Å². The van der Waals surface area contributed by atoms with Crippen LogP contribution in [0.5, 0.6) is 0 Å². The Morgan fingerprint density at radius 1 is 1.39 bits per heavy atom. The Bertz CT molecular complexity index is 384. The maximum Gasteiger partial charge on any atom is 0.0978 e. The molecule has 0 aromatic carbocycles. The van der Waals surface area contributed by atoms with Crippen molar-refractivity contribution in [2.45, 2.75) is 58.1 Å². The van der Waals surface area contributed by atoms with Crippen molar-refractivity contribution in [3.8, 4) is 0 Å². The zero-order valence-corrected chi connectivity index (χ0v) is 12.6. The summed E-state index contributed by atoms with van der Waals surface area (Å²) in [6.45, 7) is 8.77. The molecule has 2 unspecified atom stereocenters. The normalized spacial score (nSPS) is 22.7. The topological polar surface area (TPSA) is 23.5 Å². The molecule has 1 aliphatic rings. The number of rotatable bonds is 4. The average molecular weight is 267 g/mol. The molecule has 1 N–H and O–H groups in total. The molecule has 2 rings (SSSR count). The van der Waals surface area contributed by atoms with Crippen molar-refractivity contribution in [3.05, 3.63) is 21.9 Å². The van der Waals surface area contributed by atoms with Gasteiger partial charge in [0.25, 0.3) is 0 Å². The van der Waals surface area contributed by atoms with Crippen LogP contribution in [-0.4, -0.2) is 28.6 Å². The molecular formula is C15H25NOS. The van der Waals surface area contributed by atoms with E-state index in [1.165, 1.54) is 24.1 Å². The van der Waals surface area contributed by atoms with Gasteiger partial charge in [0.1, 0.15) is 0 Å². The number of likely N-dealkylation sites (tertiary alicyclic amines) is 1. The van der Waals surface area contributed by atoms with E-state index in [1.54, 1.807) is 11.3 Å². The molecule has 0 amide bonds. The van der Waals surface area contributed by atoms with Gasteiger partial charge in [-0.05, 0) is 63.2 Å². The van der Waals surface area contributed by atoms with Gasteiger partial charge in [-0.1, -0.05) is 13.3 Å². The summed E-state index contributed by atoms with van der Waals surface area (Å²) in [6.07, 6.45) is 4.49. The maximum atomic E-state index is 10.8. The van der Waals surface area contributed by atoms with Crippen molar-refractivity contribution in [3.63, 3.8) is 0 Å². The van der Waals surface area contributed by atoms with E-state index in [1.807, 2.05) is 0 Å². The fourth-order valence-electron chi connectivity index (χ4n) is 2.96. The lowest BCUT2D eigenvalue weighted by Gasteiger charge is -2.46. The second-order valence-electron chi connectivity index (χ2n) is 5.65. The van der Waals surface area contributed by atoms with Crippen LogP contribution in [0.25, 0.3) is 0 Å². The molecular weight excluding hydrogens is 242 g/mol. The summed E-state index contributed by atoms with van der Waals surface area (Å²) >= 11 is 1.73. The Balaban J connectivity index is 2.19. The second kappa shape index (κ2) is 5.72. The quantitative estimate of drug-likeness (QED) is 0.898. The smallest absolute Gasteiger partial charge is 0.0978 e. The highest BCUT2D eigenvalue weighted by molar-refractivity contribution is 7.10. The third-order valence-corrected chi connectivity index (χ3v) is 5.33. The van der Waals surface area contributed by atoms with Crippen LogP contribution < -0.4 is 0 Å². The Hall–Kier alpha value is -0.380. The predicted molar refractivity (Wildman–Crippen MR) is 78.1 cm³/mol. The van der Waals surface area contributed by atoms with Crippen LogP contribution in [-0.2, 0) is 0 Å². The van der Waals surface area contributed by atoms with Crippen LogP contribution in [0.4, 0.5) is 0 Å². The number of hydrogen-bond donors (Lipinski definition) is 1. The number of aryl methyl sites for hydroxylation is 1. The first-order valence-electron chi connectivity index (χ1n) is 7.06. The van der Waals surface area contributed by atoms with Crippen LogP contribution in [0.1, 0.15) is 56.1 Å². The van der Waals surface area contributed by atoms with E-state index < -0.39 is 0 Å². The van der Waals surface area contributed by atoms with E-state index in [0.717, 1.165) is 25.1 Å². The van der Waals surface area contributed by atoms with Gasteiger partial charge in [0.15, 0.2) is 0 Å². The second-order valence-corrected chi connectivity index (χ2v) is 6.77. The fourth-order valence-corrected chi connectivity index (χ4v) is 3.68. The lowest BCUT2D eigenvalue weighted by Crippen LogP contribution is -2.52. The number of nitrogens with zero attached hydrogens (tertiary/aromatic N) is 1. The Morgan fingerprint density at radius 3 is 2.56 bits per heavy atom. The van der Waals surface area contributed by atoms with E-state index in [2.05, 4.69) is 37.1 Å². The van der Waals surface area contributed by atoms with Gasteiger partial charge in [0.2, 0.25) is 0 Å². The highest BCUT2D eigenvalue weighted by Gasteiger charge is 2.38. The van der Waals surface area contributed by atoms with Gasteiger partial charge in [-0.15, -0.1) is 11.3 Å². The van der Waals surface area contributed by atoms with Crippen LogP contribution in [0, 0.1) is 6.92 Å². The SMILES string of the molecule is CCC(C)(C(O)c1csc(C)c1)N1CCCCC1. The number of aliphatic hydroxyl groups excluding tert-OH is 1. The summed E-state index contributed by atoms with van der Waals surface area (Å²) in [7, 11) is 0. The highest BCUT2D eigenvalue weighted by atomic mass is 32.1. The molecule has 1 aliphatic heterocycles. The van der Waals surface area contributed by atoms with Gasteiger partial charge in [-0.25, -0.2) is 0 Å². The molecule has 0 spiro atoms. The summed E-state index contributed by atoms with van der Waals surface area (Å²) in [5.74, 6) is 0. The Morgan fingerprint density at radius 2 is 2.06 bits per heavy atom. The van der Waals surface area contributed by atoms with Crippen molar-refractivity contribution in [1.82, 2.24) is 4.90 Å². The van der Waals surface area contributed by atoms with Gasteiger partial charge in [0.05, 0.1) is 6.10 Å². The minimum atomic E-state index is -0.370. The molecule has 2 nitrogen and oxygen atoms in total. The van der Waals surface area contributed by atoms with Gasteiger partial charge in [0, 0.05) is 10.4 Å². The highest BCUT2D eigenvalue weighted by Crippen LogP contribution is 2.37. The molecule has 0 aliphatic carbocycles. The number of aliphatic hydroxyl groups is 1. The third-order valence-electron chi connectivity index (χ3n) is 4.45. The molecule has 0 saturated carbocycles. The van der Waals surface area contributed by atoms with Crippen molar-refractivity contribution in [2.75, 3.05) is 13.1 Å². The van der Waals surface area contributed by atoms with Crippen molar-refractivity contribution >= 4 is 11.3 Å². The van der Waals surface area contributed by atoms with Gasteiger partial charge in [-0.2, -0.15) is 0 Å². The predicted octanol–water partition coefficient (Wildman–Crippen LogP) is 3.74.